The first-order valence-corrected chi connectivity index (χ1v) is 4.93. The van der Waals surface area contributed by atoms with E-state index in [1.54, 1.807) is 0 Å². The molecular weight excluding hydrogens is 198 g/mol. The molecule has 0 spiro atoms. The van der Waals surface area contributed by atoms with Gasteiger partial charge in [-0.15, -0.1) is 0 Å². The molecule has 0 aliphatic carbocycles. The second-order valence-corrected chi connectivity index (χ2v) is 3.73. The summed E-state index contributed by atoms with van der Waals surface area (Å²) in [6.07, 6.45) is -4.58. The van der Waals surface area contributed by atoms with Gasteiger partial charge in [0.25, 0.3) is 0 Å². The maximum absolute atomic E-state index is 13.3. The molecule has 5 heteroatoms. The number of nitrogens with one attached hydrogen (secondary N) is 1. The molecular formula is C9H15F4N. The molecule has 14 heavy (non-hydrogen) atoms. The van der Waals surface area contributed by atoms with E-state index in [4.69, 9.17) is 0 Å². The second-order valence-electron chi connectivity index (χ2n) is 3.73. The molecule has 84 valence electrons. The number of alkyl halides is 4. The van der Waals surface area contributed by atoms with Gasteiger partial charge in [-0.05, 0) is 32.2 Å². The van der Waals surface area contributed by atoms with Gasteiger partial charge in [0.05, 0.1) is 0 Å². The van der Waals surface area contributed by atoms with Gasteiger partial charge in [0.1, 0.15) is 6.17 Å². The van der Waals surface area contributed by atoms with Gasteiger partial charge in [-0.25, -0.2) is 4.39 Å². The molecule has 0 aromatic carbocycles. The maximum Gasteiger partial charge on any atom is 0.389 e. The van der Waals surface area contributed by atoms with Crippen molar-refractivity contribution in [3.8, 4) is 0 Å². The van der Waals surface area contributed by atoms with Gasteiger partial charge < -0.3 is 5.32 Å². The van der Waals surface area contributed by atoms with Crippen LogP contribution in [-0.4, -0.2) is 24.9 Å². The number of hydrogen-bond acceptors (Lipinski definition) is 1. The Morgan fingerprint density at radius 2 is 2.07 bits per heavy atom. The van der Waals surface area contributed by atoms with Gasteiger partial charge in [-0.1, -0.05) is 0 Å². The van der Waals surface area contributed by atoms with Crippen LogP contribution in [-0.2, 0) is 0 Å². The van der Waals surface area contributed by atoms with Crippen molar-refractivity contribution in [2.75, 3.05) is 6.54 Å². The highest BCUT2D eigenvalue weighted by Gasteiger charge is 2.29. The van der Waals surface area contributed by atoms with Crippen LogP contribution < -0.4 is 5.32 Å². The van der Waals surface area contributed by atoms with E-state index in [0.717, 1.165) is 19.4 Å². The SMILES string of the molecule is FC(CCCC(F)(F)F)C1CCCN1. The fraction of sp³-hybridized carbons (Fsp3) is 1.00. The normalized spacial score (nSPS) is 25.3. The molecule has 1 N–H and O–H groups in total. The van der Waals surface area contributed by atoms with Gasteiger partial charge in [-0.2, -0.15) is 13.2 Å². The lowest BCUT2D eigenvalue weighted by atomic mass is 10.0. The van der Waals surface area contributed by atoms with Crippen LogP contribution in [0.4, 0.5) is 17.6 Å². The molecule has 1 saturated heterocycles. The van der Waals surface area contributed by atoms with Crippen LogP contribution in [0.5, 0.6) is 0 Å². The third-order valence-electron chi connectivity index (χ3n) is 2.48. The Bertz CT molecular complexity index is 163. The van der Waals surface area contributed by atoms with Crippen LogP contribution >= 0.6 is 0 Å². The summed E-state index contributed by atoms with van der Waals surface area (Å²) in [5.74, 6) is 0. The van der Waals surface area contributed by atoms with Crippen LogP contribution in [0.2, 0.25) is 0 Å². The largest absolute Gasteiger partial charge is 0.389 e. The molecule has 0 amide bonds. The van der Waals surface area contributed by atoms with E-state index in [1.807, 2.05) is 0 Å². The minimum atomic E-state index is -4.15. The Balaban J connectivity index is 2.11. The van der Waals surface area contributed by atoms with E-state index < -0.39 is 18.8 Å². The van der Waals surface area contributed by atoms with Crippen LogP contribution in [0, 0.1) is 0 Å². The summed E-state index contributed by atoms with van der Waals surface area (Å²) in [5.41, 5.74) is 0. The van der Waals surface area contributed by atoms with Crippen LogP contribution in [0.15, 0.2) is 0 Å². The van der Waals surface area contributed by atoms with Crippen LogP contribution in [0.1, 0.15) is 32.1 Å². The molecule has 2 atom stereocenters. The van der Waals surface area contributed by atoms with E-state index in [1.165, 1.54) is 0 Å². The Hall–Kier alpha value is -0.320. The average Bonchev–Trinajstić information content (AvgIpc) is 2.53. The highest BCUT2D eigenvalue weighted by atomic mass is 19.4. The molecule has 0 aromatic heterocycles. The highest BCUT2D eigenvalue weighted by molar-refractivity contribution is 4.81. The van der Waals surface area contributed by atoms with Crippen molar-refractivity contribution in [1.29, 1.82) is 0 Å². The second kappa shape index (κ2) is 4.96. The average molecular weight is 213 g/mol. The van der Waals surface area contributed by atoms with E-state index in [-0.39, 0.29) is 18.9 Å². The Labute approximate surface area is 80.9 Å². The summed E-state index contributed by atoms with van der Waals surface area (Å²) < 4.78 is 48.5. The predicted octanol–water partition coefficient (Wildman–Crippen LogP) is 2.81. The van der Waals surface area contributed by atoms with Gasteiger partial charge in [0.2, 0.25) is 0 Å². The Morgan fingerprint density at radius 1 is 1.36 bits per heavy atom. The standard InChI is InChI=1S/C9H15F4N/c10-7(8-4-2-6-14-8)3-1-5-9(11,12)13/h7-8,14H,1-6H2. The molecule has 1 nitrogen and oxygen atoms in total. The first kappa shape index (κ1) is 11.8. The quantitative estimate of drug-likeness (QED) is 0.708. The summed E-state index contributed by atoms with van der Waals surface area (Å²) in [6, 6.07) is -0.219. The molecule has 0 radical (unpaired) electrons. The molecule has 1 aliphatic rings. The van der Waals surface area contributed by atoms with E-state index in [2.05, 4.69) is 5.32 Å². The fourth-order valence-electron chi connectivity index (χ4n) is 1.72. The van der Waals surface area contributed by atoms with E-state index >= 15 is 0 Å². The Kier molecular flexibility index (Phi) is 4.16. The maximum atomic E-state index is 13.3. The highest BCUT2D eigenvalue weighted by Crippen LogP contribution is 2.24. The minimum absolute atomic E-state index is 0.0111. The molecule has 0 bridgehead atoms. The smallest absolute Gasteiger partial charge is 0.311 e. The van der Waals surface area contributed by atoms with Crippen LogP contribution in [0.3, 0.4) is 0 Å². The Morgan fingerprint density at radius 3 is 2.57 bits per heavy atom. The van der Waals surface area contributed by atoms with Crippen LogP contribution in [0.25, 0.3) is 0 Å². The lowest BCUT2D eigenvalue weighted by Gasteiger charge is -2.16. The van der Waals surface area contributed by atoms with Gasteiger partial charge >= 0.3 is 6.18 Å². The first-order valence-electron chi connectivity index (χ1n) is 4.93. The van der Waals surface area contributed by atoms with Crippen molar-refractivity contribution < 1.29 is 17.6 Å². The van der Waals surface area contributed by atoms with Crippen molar-refractivity contribution in [1.82, 2.24) is 5.32 Å². The zero-order valence-electron chi connectivity index (χ0n) is 7.91. The minimum Gasteiger partial charge on any atom is -0.311 e. The number of halogens is 4. The first-order chi connectivity index (χ1) is 6.49. The predicted molar refractivity (Wildman–Crippen MR) is 45.8 cm³/mol. The molecule has 1 fully saturated rings. The molecule has 1 aliphatic heterocycles. The molecule has 0 aromatic rings. The van der Waals surface area contributed by atoms with Gasteiger partial charge in [0, 0.05) is 12.5 Å². The third-order valence-corrected chi connectivity index (χ3v) is 2.48. The summed E-state index contributed by atoms with van der Waals surface area (Å²) in [7, 11) is 0. The van der Waals surface area contributed by atoms with E-state index in [9.17, 15) is 17.6 Å². The topological polar surface area (TPSA) is 12.0 Å². The zero-order valence-corrected chi connectivity index (χ0v) is 7.91. The van der Waals surface area contributed by atoms with Crippen molar-refractivity contribution in [3.63, 3.8) is 0 Å². The molecule has 2 unspecified atom stereocenters. The molecule has 0 saturated carbocycles. The summed E-state index contributed by atoms with van der Waals surface area (Å²) >= 11 is 0. The lowest BCUT2D eigenvalue weighted by Crippen LogP contribution is -2.31. The fourth-order valence-corrected chi connectivity index (χ4v) is 1.72. The lowest BCUT2D eigenvalue weighted by molar-refractivity contribution is -0.136. The summed E-state index contributed by atoms with van der Waals surface area (Å²) in [5, 5.41) is 2.95. The van der Waals surface area contributed by atoms with Crippen molar-refractivity contribution in [2.24, 2.45) is 0 Å². The van der Waals surface area contributed by atoms with Gasteiger partial charge in [-0.3, -0.25) is 0 Å². The van der Waals surface area contributed by atoms with Crippen molar-refractivity contribution in [2.45, 2.75) is 50.5 Å². The zero-order chi connectivity index (χ0) is 10.6. The summed E-state index contributed by atoms with van der Waals surface area (Å²) in [6.45, 7) is 0.782. The third kappa shape index (κ3) is 4.26. The monoisotopic (exact) mass is 213 g/mol. The van der Waals surface area contributed by atoms with Crippen molar-refractivity contribution in [3.05, 3.63) is 0 Å². The molecule has 1 rings (SSSR count). The summed E-state index contributed by atoms with van der Waals surface area (Å²) in [4.78, 5) is 0. The van der Waals surface area contributed by atoms with Crippen molar-refractivity contribution >= 4 is 0 Å². The number of hydrogen-bond donors (Lipinski definition) is 1. The number of rotatable bonds is 4. The molecule has 1 heterocycles. The van der Waals surface area contributed by atoms with E-state index in [0.29, 0.717) is 0 Å². The van der Waals surface area contributed by atoms with Gasteiger partial charge in [0.15, 0.2) is 0 Å².